The van der Waals surface area contributed by atoms with E-state index in [4.69, 9.17) is 5.73 Å². The summed E-state index contributed by atoms with van der Waals surface area (Å²) < 4.78 is 0. The molecule has 1 aromatic heterocycles. The fraction of sp³-hybridized carbons (Fsp3) is 0.333. The molecular formula is C15H20ClN3OS. The molecule has 0 bridgehead atoms. The molecule has 0 aliphatic rings. The van der Waals surface area contributed by atoms with Gasteiger partial charge in [0.05, 0.1) is 0 Å². The van der Waals surface area contributed by atoms with Gasteiger partial charge in [0.2, 0.25) is 0 Å². The number of hydrogen-bond donors (Lipinski definition) is 2. The lowest BCUT2D eigenvalue weighted by molar-refractivity contribution is 0.0931. The van der Waals surface area contributed by atoms with Crippen molar-refractivity contribution in [3.63, 3.8) is 0 Å². The average molecular weight is 326 g/mol. The molecule has 1 atom stereocenters. The molecule has 1 heterocycles. The van der Waals surface area contributed by atoms with E-state index in [9.17, 15) is 4.79 Å². The average Bonchev–Trinajstić information content (AvgIpc) is 2.96. The Balaban J connectivity index is 0.00000220. The minimum Gasteiger partial charge on any atom is -0.348 e. The van der Waals surface area contributed by atoms with Gasteiger partial charge in [0.15, 0.2) is 0 Å². The standard InChI is InChI=1S/C15H19N3OS.ClH/c1-2-12(8-11-6-4-3-5-7-11)17-15(19)13-10-20-14(9-16)18-13;/h3-7,10,12H,2,8-9,16H2,1H3,(H,17,19);1H. The van der Waals surface area contributed by atoms with E-state index < -0.39 is 0 Å². The van der Waals surface area contributed by atoms with E-state index in [1.54, 1.807) is 5.38 Å². The first-order valence-corrected chi connectivity index (χ1v) is 7.60. The molecule has 1 aromatic carbocycles. The molecule has 0 aliphatic heterocycles. The summed E-state index contributed by atoms with van der Waals surface area (Å²) in [6, 6.07) is 10.3. The summed E-state index contributed by atoms with van der Waals surface area (Å²) in [6.45, 7) is 2.44. The van der Waals surface area contributed by atoms with Crippen LogP contribution in [0.25, 0.3) is 0 Å². The Morgan fingerprint density at radius 2 is 2.10 bits per heavy atom. The molecule has 0 aliphatic carbocycles. The van der Waals surface area contributed by atoms with Crippen LogP contribution in [0, 0.1) is 0 Å². The van der Waals surface area contributed by atoms with Crippen LogP contribution in [0.2, 0.25) is 0 Å². The first kappa shape index (κ1) is 17.6. The lowest BCUT2D eigenvalue weighted by Gasteiger charge is -2.16. The Hall–Kier alpha value is -1.43. The van der Waals surface area contributed by atoms with E-state index in [2.05, 4.69) is 29.4 Å². The number of hydrogen-bond acceptors (Lipinski definition) is 4. The maximum Gasteiger partial charge on any atom is 0.270 e. The summed E-state index contributed by atoms with van der Waals surface area (Å²) in [7, 11) is 0. The molecule has 1 amide bonds. The van der Waals surface area contributed by atoms with Crippen LogP contribution in [-0.4, -0.2) is 16.9 Å². The number of nitrogens with two attached hydrogens (primary N) is 1. The van der Waals surface area contributed by atoms with Gasteiger partial charge < -0.3 is 11.1 Å². The topological polar surface area (TPSA) is 68.0 Å². The van der Waals surface area contributed by atoms with Crippen molar-refractivity contribution in [2.75, 3.05) is 0 Å². The quantitative estimate of drug-likeness (QED) is 0.858. The molecule has 21 heavy (non-hydrogen) atoms. The Kier molecular flexibility index (Phi) is 7.36. The van der Waals surface area contributed by atoms with Gasteiger partial charge in [-0.1, -0.05) is 37.3 Å². The highest BCUT2D eigenvalue weighted by molar-refractivity contribution is 7.09. The van der Waals surface area contributed by atoms with Gasteiger partial charge in [0, 0.05) is 18.0 Å². The summed E-state index contributed by atoms with van der Waals surface area (Å²) in [4.78, 5) is 16.3. The molecule has 0 fully saturated rings. The highest BCUT2D eigenvalue weighted by atomic mass is 35.5. The number of amides is 1. The monoisotopic (exact) mass is 325 g/mol. The molecule has 0 spiro atoms. The molecular weight excluding hydrogens is 306 g/mol. The minimum atomic E-state index is -0.122. The number of halogens is 1. The van der Waals surface area contributed by atoms with Crippen LogP contribution in [-0.2, 0) is 13.0 Å². The van der Waals surface area contributed by atoms with Crippen LogP contribution in [0.3, 0.4) is 0 Å². The zero-order chi connectivity index (χ0) is 14.4. The van der Waals surface area contributed by atoms with Gasteiger partial charge in [-0.25, -0.2) is 4.98 Å². The van der Waals surface area contributed by atoms with Gasteiger partial charge in [-0.15, -0.1) is 23.7 Å². The lowest BCUT2D eigenvalue weighted by atomic mass is 10.0. The molecule has 0 saturated carbocycles. The second kappa shape index (κ2) is 8.77. The third-order valence-corrected chi connectivity index (χ3v) is 3.98. The van der Waals surface area contributed by atoms with Gasteiger partial charge in [-0.2, -0.15) is 0 Å². The predicted molar refractivity (Wildman–Crippen MR) is 88.9 cm³/mol. The smallest absolute Gasteiger partial charge is 0.270 e. The van der Waals surface area contributed by atoms with Crippen molar-refractivity contribution in [2.24, 2.45) is 5.73 Å². The number of nitrogens with one attached hydrogen (secondary N) is 1. The Labute approximate surface area is 135 Å². The fourth-order valence-electron chi connectivity index (χ4n) is 1.96. The summed E-state index contributed by atoms with van der Waals surface area (Å²) >= 11 is 1.42. The van der Waals surface area contributed by atoms with E-state index in [0.717, 1.165) is 17.8 Å². The van der Waals surface area contributed by atoms with E-state index >= 15 is 0 Å². The number of rotatable bonds is 6. The second-order valence-electron chi connectivity index (χ2n) is 4.60. The number of carbonyl (C=O) groups excluding carboxylic acids is 1. The third kappa shape index (κ3) is 5.12. The van der Waals surface area contributed by atoms with Crippen LogP contribution in [0.4, 0.5) is 0 Å². The van der Waals surface area contributed by atoms with Crippen molar-refractivity contribution < 1.29 is 4.79 Å². The zero-order valence-corrected chi connectivity index (χ0v) is 13.5. The Bertz CT molecular complexity index is 559. The van der Waals surface area contributed by atoms with Gasteiger partial charge in [-0.05, 0) is 18.4 Å². The summed E-state index contributed by atoms with van der Waals surface area (Å²) in [5.74, 6) is -0.122. The van der Waals surface area contributed by atoms with Crippen molar-refractivity contribution in [1.29, 1.82) is 0 Å². The lowest BCUT2D eigenvalue weighted by Crippen LogP contribution is -2.36. The van der Waals surface area contributed by atoms with Crippen LogP contribution < -0.4 is 11.1 Å². The molecule has 6 heteroatoms. The van der Waals surface area contributed by atoms with Crippen molar-refractivity contribution in [2.45, 2.75) is 32.4 Å². The molecule has 114 valence electrons. The van der Waals surface area contributed by atoms with Crippen molar-refractivity contribution in [1.82, 2.24) is 10.3 Å². The largest absolute Gasteiger partial charge is 0.348 e. The number of aromatic nitrogens is 1. The summed E-state index contributed by atoms with van der Waals surface area (Å²) in [6.07, 6.45) is 1.71. The number of carbonyl (C=O) groups is 1. The van der Waals surface area contributed by atoms with E-state index in [-0.39, 0.29) is 24.4 Å². The zero-order valence-electron chi connectivity index (χ0n) is 11.9. The van der Waals surface area contributed by atoms with Crippen molar-refractivity contribution >= 4 is 29.7 Å². The molecule has 0 saturated heterocycles. The van der Waals surface area contributed by atoms with E-state index in [0.29, 0.717) is 12.2 Å². The van der Waals surface area contributed by atoms with E-state index in [1.165, 1.54) is 16.9 Å². The predicted octanol–water partition coefficient (Wildman–Crippen LogP) is 2.77. The molecule has 2 aromatic rings. The Morgan fingerprint density at radius 3 is 2.67 bits per heavy atom. The van der Waals surface area contributed by atoms with Crippen molar-refractivity contribution in [3.8, 4) is 0 Å². The van der Waals surface area contributed by atoms with Gasteiger partial charge in [0.1, 0.15) is 10.7 Å². The molecule has 4 nitrogen and oxygen atoms in total. The second-order valence-corrected chi connectivity index (χ2v) is 5.54. The van der Waals surface area contributed by atoms with Crippen molar-refractivity contribution in [3.05, 3.63) is 52.0 Å². The van der Waals surface area contributed by atoms with E-state index in [1.807, 2.05) is 18.2 Å². The van der Waals surface area contributed by atoms with Gasteiger partial charge in [0.25, 0.3) is 5.91 Å². The minimum absolute atomic E-state index is 0. The fourth-order valence-corrected chi connectivity index (χ4v) is 2.62. The molecule has 1 unspecified atom stereocenters. The molecule has 2 rings (SSSR count). The van der Waals surface area contributed by atoms with Crippen LogP contribution in [0.5, 0.6) is 0 Å². The van der Waals surface area contributed by atoms with Crippen LogP contribution in [0.15, 0.2) is 35.7 Å². The van der Waals surface area contributed by atoms with Gasteiger partial charge in [-0.3, -0.25) is 4.79 Å². The summed E-state index contributed by atoms with van der Waals surface area (Å²) in [5.41, 5.74) is 7.19. The highest BCUT2D eigenvalue weighted by Crippen LogP contribution is 2.10. The van der Waals surface area contributed by atoms with Crippen LogP contribution in [0.1, 0.15) is 34.4 Å². The SMILES string of the molecule is CCC(Cc1ccccc1)NC(=O)c1csc(CN)n1.Cl. The Morgan fingerprint density at radius 1 is 1.38 bits per heavy atom. The highest BCUT2D eigenvalue weighted by Gasteiger charge is 2.15. The normalized spacial score (nSPS) is 11.5. The molecule has 0 radical (unpaired) electrons. The summed E-state index contributed by atoms with van der Waals surface area (Å²) in [5, 5.41) is 5.57. The first-order chi connectivity index (χ1) is 9.72. The van der Waals surface area contributed by atoms with Crippen LogP contribution >= 0.6 is 23.7 Å². The maximum atomic E-state index is 12.1. The first-order valence-electron chi connectivity index (χ1n) is 6.72. The van der Waals surface area contributed by atoms with Gasteiger partial charge >= 0.3 is 0 Å². The third-order valence-electron chi connectivity index (χ3n) is 3.11. The number of thiazole rings is 1. The molecule has 3 N–H and O–H groups in total. The maximum absolute atomic E-state index is 12.1. The number of benzene rings is 1. The number of nitrogens with zero attached hydrogens (tertiary/aromatic N) is 1.